The molecule has 2 heteroatoms. The highest BCUT2D eigenvalue weighted by Crippen LogP contribution is 2.03. The molecule has 0 aliphatic carbocycles. The normalized spacial score (nSPS) is 14.2. The van der Waals surface area contributed by atoms with Crippen LogP contribution in [0, 0.1) is 12.3 Å². The number of rotatable bonds is 5. The Bertz CT molecular complexity index is 315. The van der Waals surface area contributed by atoms with Gasteiger partial charge in [-0.2, -0.15) is 0 Å². The van der Waals surface area contributed by atoms with Gasteiger partial charge in [-0.05, 0) is 18.9 Å². The highest BCUT2D eigenvalue weighted by atomic mass is 16.3. The fraction of sp³-hybridized carbons (Fsp3) is 0.385. The van der Waals surface area contributed by atoms with Gasteiger partial charge in [-0.3, -0.25) is 5.32 Å². The average molecular weight is 203 g/mol. The number of terminal acetylenes is 1. The average Bonchev–Trinajstić information content (AvgIpc) is 2.29. The molecule has 0 aliphatic rings. The van der Waals surface area contributed by atoms with Gasteiger partial charge in [0.25, 0.3) is 0 Å². The number of hydrogen-bond donors (Lipinski definition) is 2. The van der Waals surface area contributed by atoms with Crippen molar-refractivity contribution in [3.8, 4) is 12.3 Å². The third kappa shape index (κ3) is 4.16. The quantitative estimate of drug-likeness (QED) is 0.705. The molecule has 0 fully saturated rings. The van der Waals surface area contributed by atoms with Crippen LogP contribution in [0.25, 0.3) is 0 Å². The van der Waals surface area contributed by atoms with Crippen LogP contribution in [-0.4, -0.2) is 23.8 Å². The molecule has 0 saturated heterocycles. The lowest BCUT2D eigenvalue weighted by molar-refractivity contribution is 0.238. The molecule has 1 aromatic carbocycles. The zero-order valence-corrected chi connectivity index (χ0v) is 8.98. The first-order valence-corrected chi connectivity index (χ1v) is 5.13. The van der Waals surface area contributed by atoms with Crippen molar-refractivity contribution in [2.75, 3.05) is 6.61 Å². The maximum Gasteiger partial charge on any atom is 0.0661 e. The molecular formula is C13H17NO. The fourth-order valence-electron chi connectivity index (χ4n) is 1.48. The van der Waals surface area contributed by atoms with Gasteiger partial charge >= 0.3 is 0 Å². The predicted octanol–water partition coefficient (Wildman–Crippen LogP) is 1.20. The van der Waals surface area contributed by atoms with Crippen molar-refractivity contribution >= 4 is 0 Å². The van der Waals surface area contributed by atoms with Crippen molar-refractivity contribution in [3.63, 3.8) is 0 Å². The van der Waals surface area contributed by atoms with Gasteiger partial charge in [0.2, 0.25) is 0 Å². The summed E-state index contributed by atoms with van der Waals surface area (Å²) in [6.45, 7) is 2.01. The van der Waals surface area contributed by atoms with Crippen molar-refractivity contribution in [2.24, 2.45) is 0 Å². The molecule has 0 amide bonds. The van der Waals surface area contributed by atoms with Gasteiger partial charge < -0.3 is 5.11 Å². The Morgan fingerprint density at radius 1 is 1.40 bits per heavy atom. The number of nitrogens with one attached hydrogen (secondary N) is 1. The second-order valence-corrected chi connectivity index (χ2v) is 3.62. The summed E-state index contributed by atoms with van der Waals surface area (Å²) in [7, 11) is 0. The smallest absolute Gasteiger partial charge is 0.0661 e. The highest BCUT2D eigenvalue weighted by Gasteiger charge is 2.09. The van der Waals surface area contributed by atoms with Crippen LogP contribution in [0.15, 0.2) is 30.3 Å². The summed E-state index contributed by atoms with van der Waals surface area (Å²) in [4.78, 5) is 0. The lowest BCUT2D eigenvalue weighted by atomic mass is 10.1. The van der Waals surface area contributed by atoms with Crippen molar-refractivity contribution in [1.29, 1.82) is 0 Å². The topological polar surface area (TPSA) is 32.3 Å². The Hall–Kier alpha value is -1.30. The Balaban J connectivity index is 2.51. The minimum atomic E-state index is -0.00846. The maximum atomic E-state index is 9.20. The molecule has 0 spiro atoms. The molecule has 0 aliphatic heterocycles. The van der Waals surface area contributed by atoms with E-state index in [4.69, 9.17) is 6.42 Å². The molecule has 0 saturated carbocycles. The Morgan fingerprint density at radius 3 is 2.60 bits per heavy atom. The van der Waals surface area contributed by atoms with Crippen LogP contribution in [0.1, 0.15) is 12.5 Å². The number of aliphatic hydroxyl groups excluding tert-OH is 1. The number of aliphatic hydroxyl groups is 1. The fourth-order valence-corrected chi connectivity index (χ4v) is 1.48. The lowest BCUT2D eigenvalue weighted by Crippen LogP contribution is -2.39. The zero-order valence-electron chi connectivity index (χ0n) is 8.98. The Labute approximate surface area is 91.3 Å². The first-order valence-electron chi connectivity index (χ1n) is 5.13. The molecule has 0 radical (unpaired) electrons. The van der Waals surface area contributed by atoms with Crippen LogP contribution in [0.2, 0.25) is 0 Å². The summed E-state index contributed by atoms with van der Waals surface area (Å²) in [6.07, 6.45) is 6.07. The second kappa shape index (κ2) is 6.23. The molecule has 2 unspecified atom stereocenters. The van der Waals surface area contributed by atoms with E-state index in [0.717, 1.165) is 6.42 Å². The van der Waals surface area contributed by atoms with Crippen LogP contribution in [0.4, 0.5) is 0 Å². The van der Waals surface area contributed by atoms with Crippen molar-refractivity contribution in [3.05, 3.63) is 35.9 Å². The molecule has 2 atom stereocenters. The summed E-state index contributed by atoms with van der Waals surface area (Å²) in [5, 5.41) is 12.4. The first-order chi connectivity index (χ1) is 7.26. The minimum Gasteiger partial charge on any atom is -0.395 e. The molecule has 0 heterocycles. The van der Waals surface area contributed by atoms with E-state index in [1.54, 1.807) is 0 Å². The molecule has 2 N–H and O–H groups in total. The van der Waals surface area contributed by atoms with E-state index in [-0.39, 0.29) is 18.7 Å². The van der Waals surface area contributed by atoms with Crippen molar-refractivity contribution < 1.29 is 5.11 Å². The highest BCUT2D eigenvalue weighted by molar-refractivity contribution is 5.16. The molecule has 15 heavy (non-hydrogen) atoms. The van der Waals surface area contributed by atoms with Crippen LogP contribution in [-0.2, 0) is 6.42 Å². The molecule has 1 rings (SSSR count). The monoisotopic (exact) mass is 203 g/mol. The Kier molecular flexibility index (Phi) is 4.89. The molecule has 0 bridgehead atoms. The molecular weight excluding hydrogens is 186 g/mol. The molecule has 80 valence electrons. The van der Waals surface area contributed by atoms with Gasteiger partial charge in [-0.25, -0.2) is 0 Å². The van der Waals surface area contributed by atoms with Gasteiger partial charge in [0.15, 0.2) is 0 Å². The van der Waals surface area contributed by atoms with Gasteiger partial charge in [-0.1, -0.05) is 36.3 Å². The largest absolute Gasteiger partial charge is 0.395 e. The van der Waals surface area contributed by atoms with Crippen LogP contribution in [0.3, 0.4) is 0 Å². The van der Waals surface area contributed by atoms with Crippen LogP contribution in [0.5, 0.6) is 0 Å². The maximum absolute atomic E-state index is 9.20. The summed E-state index contributed by atoms with van der Waals surface area (Å²) < 4.78 is 0. The van der Waals surface area contributed by atoms with E-state index in [2.05, 4.69) is 11.2 Å². The van der Waals surface area contributed by atoms with E-state index < -0.39 is 0 Å². The first kappa shape index (κ1) is 11.8. The van der Waals surface area contributed by atoms with Gasteiger partial charge in [0.05, 0.1) is 12.6 Å². The second-order valence-electron chi connectivity index (χ2n) is 3.62. The standard InChI is InChI=1S/C13H17NO/c1-3-11(2)14-13(10-15)9-12-7-5-4-6-8-12/h1,4-8,11,13-15H,9-10H2,2H3. The van der Waals surface area contributed by atoms with E-state index >= 15 is 0 Å². The van der Waals surface area contributed by atoms with Gasteiger partial charge in [0.1, 0.15) is 0 Å². The van der Waals surface area contributed by atoms with E-state index in [9.17, 15) is 5.11 Å². The minimum absolute atomic E-state index is 0.00846. The summed E-state index contributed by atoms with van der Waals surface area (Å²) in [5.74, 6) is 2.59. The third-order valence-electron chi connectivity index (χ3n) is 2.28. The predicted molar refractivity (Wildman–Crippen MR) is 62.5 cm³/mol. The van der Waals surface area contributed by atoms with Crippen molar-refractivity contribution in [1.82, 2.24) is 5.32 Å². The van der Waals surface area contributed by atoms with Crippen molar-refractivity contribution in [2.45, 2.75) is 25.4 Å². The lowest BCUT2D eigenvalue weighted by Gasteiger charge is -2.18. The van der Waals surface area contributed by atoms with E-state index in [1.165, 1.54) is 5.56 Å². The Morgan fingerprint density at radius 2 is 2.07 bits per heavy atom. The van der Waals surface area contributed by atoms with E-state index in [1.807, 2.05) is 37.3 Å². The summed E-state index contributed by atoms with van der Waals surface area (Å²) in [6, 6.07) is 10.1. The van der Waals surface area contributed by atoms with E-state index in [0.29, 0.717) is 0 Å². The number of benzene rings is 1. The van der Waals surface area contributed by atoms with Crippen LogP contribution >= 0.6 is 0 Å². The van der Waals surface area contributed by atoms with Crippen LogP contribution < -0.4 is 5.32 Å². The SMILES string of the molecule is C#CC(C)NC(CO)Cc1ccccc1. The van der Waals surface area contributed by atoms with Gasteiger partial charge in [0, 0.05) is 6.04 Å². The third-order valence-corrected chi connectivity index (χ3v) is 2.28. The summed E-state index contributed by atoms with van der Waals surface area (Å²) >= 11 is 0. The molecule has 0 aromatic heterocycles. The van der Waals surface area contributed by atoms with Gasteiger partial charge in [-0.15, -0.1) is 6.42 Å². The molecule has 2 nitrogen and oxygen atoms in total. The number of hydrogen-bond acceptors (Lipinski definition) is 2. The summed E-state index contributed by atoms with van der Waals surface area (Å²) in [5.41, 5.74) is 1.20. The molecule has 1 aromatic rings. The zero-order chi connectivity index (χ0) is 11.1.